The third-order valence-corrected chi connectivity index (χ3v) is 5.33. The first-order valence-electron chi connectivity index (χ1n) is 9.34. The maximum atomic E-state index is 13.0. The van der Waals surface area contributed by atoms with Crippen molar-refractivity contribution in [2.45, 2.75) is 26.9 Å². The molecule has 2 aromatic carbocycles. The molecule has 0 N–H and O–H groups in total. The fourth-order valence-corrected chi connectivity index (χ4v) is 3.60. The van der Waals surface area contributed by atoms with Gasteiger partial charge in [-0.25, -0.2) is 0 Å². The van der Waals surface area contributed by atoms with Crippen LogP contribution in [0, 0.1) is 20.8 Å². The normalized spacial score (nSPS) is 16.8. The summed E-state index contributed by atoms with van der Waals surface area (Å²) in [4.78, 5) is 14.8. The summed E-state index contributed by atoms with van der Waals surface area (Å²) in [7, 11) is 1.64. The molecule has 0 bridgehead atoms. The van der Waals surface area contributed by atoms with E-state index in [0.717, 1.165) is 28.2 Å². The van der Waals surface area contributed by atoms with Gasteiger partial charge in [0.2, 0.25) is 0 Å². The van der Waals surface area contributed by atoms with Gasteiger partial charge in [-0.15, -0.1) is 0 Å². The SMILES string of the molecule is COc1c(C)cc(C(=O)N2CCO[C@@H](COc3ccc(Cl)c(C)c3)C2)cc1C. The monoisotopic (exact) mass is 403 g/mol. The largest absolute Gasteiger partial charge is 0.496 e. The zero-order valence-electron chi connectivity index (χ0n) is 16.8. The number of halogens is 1. The predicted molar refractivity (Wildman–Crippen MR) is 110 cm³/mol. The molecule has 0 unspecified atom stereocenters. The lowest BCUT2D eigenvalue weighted by atomic mass is 10.0. The average Bonchev–Trinajstić information content (AvgIpc) is 2.68. The first kappa shape index (κ1) is 20.5. The fourth-order valence-electron chi connectivity index (χ4n) is 3.48. The van der Waals surface area contributed by atoms with E-state index in [1.807, 2.05) is 56.0 Å². The van der Waals surface area contributed by atoms with Crippen LogP contribution in [-0.2, 0) is 4.74 Å². The first-order valence-corrected chi connectivity index (χ1v) is 9.72. The second-order valence-electron chi connectivity index (χ2n) is 7.11. The van der Waals surface area contributed by atoms with Crippen molar-refractivity contribution in [3.8, 4) is 11.5 Å². The molecule has 0 radical (unpaired) electrons. The molecule has 150 valence electrons. The molecule has 1 amide bonds. The van der Waals surface area contributed by atoms with Gasteiger partial charge in [-0.05, 0) is 67.8 Å². The van der Waals surface area contributed by atoms with Crippen molar-refractivity contribution in [3.05, 3.63) is 57.6 Å². The second-order valence-corrected chi connectivity index (χ2v) is 7.52. The van der Waals surface area contributed by atoms with Crippen molar-refractivity contribution in [1.82, 2.24) is 4.90 Å². The van der Waals surface area contributed by atoms with Gasteiger partial charge in [-0.3, -0.25) is 4.79 Å². The fraction of sp³-hybridized carbons (Fsp3) is 0.409. The molecule has 1 heterocycles. The number of morpholine rings is 1. The van der Waals surface area contributed by atoms with Gasteiger partial charge in [0.15, 0.2) is 0 Å². The number of ether oxygens (including phenoxy) is 3. The quantitative estimate of drug-likeness (QED) is 0.750. The van der Waals surface area contributed by atoms with Crippen molar-refractivity contribution in [2.75, 3.05) is 33.4 Å². The lowest BCUT2D eigenvalue weighted by Gasteiger charge is -2.33. The highest BCUT2D eigenvalue weighted by Gasteiger charge is 2.26. The maximum Gasteiger partial charge on any atom is 0.254 e. The minimum absolute atomic E-state index is 0.00416. The molecule has 1 fully saturated rings. The summed E-state index contributed by atoms with van der Waals surface area (Å²) in [5, 5.41) is 0.711. The van der Waals surface area contributed by atoms with E-state index in [-0.39, 0.29) is 12.0 Å². The van der Waals surface area contributed by atoms with Gasteiger partial charge in [-0.1, -0.05) is 11.6 Å². The Bertz CT molecular complexity index is 845. The minimum Gasteiger partial charge on any atom is -0.496 e. The molecule has 1 saturated heterocycles. The minimum atomic E-state index is -0.172. The predicted octanol–water partition coefficient (Wildman–Crippen LogP) is 4.19. The van der Waals surface area contributed by atoms with Crippen LogP contribution >= 0.6 is 11.6 Å². The average molecular weight is 404 g/mol. The van der Waals surface area contributed by atoms with Gasteiger partial charge >= 0.3 is 0 Å². The van der Waals surface area contributed by atoms with E-state index >= 15 is 0 Å². The van der Waals surface area contributed by atoms with Gasteiger partial charge in [-0.2, -0.15) is 0 Å². The van der Waals surface area contributed by atoms with Gasteiger partial charge in [0.05, 0.1) is 20.3 Å². The summed E-state index contributed by atoms with van der Waals surface area (Å²) in [6, 6.07) is 9.32. The number of hydrogen-bond donors (Lipinski definition) is 0. The maximum absolute atomic E-state index is 13.0. The summed E-state index contributed by atoms with van der Waals surface area (Å²) in [5.41, 5.74) is 3.55. The van der Waals surface area contributed by atoms with E-state index in [0.29, 0.717) is 36.9 Å². The first-order chi connectivity index (χ1) is 13.4. The molecule has 5 nitrogen and oxygen atoms in total. The Hall–Kier alpha value is -2.24. The highest BCUT2D eigenvalue weighted by Crippen LogP contribution is 2.26. The van der Waals surface area contributed by atoms with Crippen molar-refractivity contribution >= 4 is 17.5 Å². The Labute approximate surface area is 171 Å². The number of carbonyl (C=O) groups excluding carboxylic acids is 1. The number of nitrogens with zero attached hydrogens (tertiary/aromatic N) is 1. The van der Waals surface area contributed by atoms with Gasteiger partial charge < -0.3 is 19.1 Å². The second kappa shape index (κ2) is 8.84. The van der Waals surface area contributed by atoms with E-state index in [4.69, 9.17) is 25.8 Å². The number of hydrogen-bond acceptors (Lipinski definition) is 4. The molecular weight excluding hydrogens is 378 g/mol. The van der Waals surface area contributed by atoms with E-state index in [1.165, 1.54) is 0 Å². The van der Waals surface area contributed by atoms with Crippen molar-refractivity contribution < 1.29 is 19.0 Å². The van der Waals surface area contributed by atoms with Crippen LogP contribution in [0.5, 0.6) is 11.5 Å². The van der Waals surface area contributed by atoms with Crippen LogP contribution < -0.4 is 9.47 Å². The van der Waals surface area contributed by atoms with Gasteiger partial charge in [0, 0.05) is 17.1 Å². The number of benzene rings is 2. The molecule has 0 spiro atoms. The van der Waals surface area contributed by atoms with Crippen LogP contribution in [0.4, 0.5) is 0 Å². The molecule has 0 aliphatic carbocycles. The lowest BCUT2D eigenvalue weighted by molar-refractivity contribution is -0.0401. The van der Waals surface area contributed by atoms with Crippen molar-refractivity contribution in [1.29, 1.82) is 0 Å². The molecule has 6 heteroatoms. The summed E-state index contributed by atoms with van der Waals surface area (Å²) in [6.07, 6.45) is -0.172. The third-order valence-electron chi connectivity index (χ3n) is 4.90. The lowest BCUT2D eigenvalue weighted by Crippen LogP contribution is -2.47. The number of aryl methyl sites for hydroxylation is 3. The summed E-state index contributed by atoms with van der Waals surface area (Å²) >= 11 is 6.05. The Kier molecular flexibility index (Phi) is 6.47. The van der Waals surface area contributed by atoms with E-state index in [1.54, 1.807) is 7.11 Å². The molecular formula is C22H26ClNO4. The van der Waals surface area contributed by atoms with Crippen LogP contribution in [0.2, 0.25) is 5.02 Å². The molecule has 1 aliphatic rings. The topological polar surface area (TPSA) is 48.0 Å². The molecule has 0 aromatic heterocycles. The summed E-state index contributed by atoms with van der Waals surface area (Å²) in [5.74, 6) is 1.57. The zero-order valence-corrected chi connectivity index (χ0v) is 17.5. The molecule has 3 rings (SSSR count). The van der Waals surface area contributed by atoms with Crippen molar-refractivity contribution in [3.63, 3.8) is 0 Å². The zero-order chi connectivity index (χ0) is 20.3. The Morgan fingerprint density at radius 2 is 1.89 bits per heavy atom. The Morgan fingerprint density at radius 3 is 2.54 bits per heavy atom. The molecule has 28 heavy (non-hydrogen) atoms. The molecule has 1 atom stereocenters. The number of amides is 1. The number of carbonyl (C=O) groups is 1. The highest BCUT2D eigenvalue weighted by molar-refractivity contribution is 6.31. The molecule has 2 aromatic rings. The highest BCUT2D eigenvalue weighted by atomic mass is 35.5. The van der Waals surface area contributed by atoms with E-state index in [2.05, 4.69) is 0 Å². The Morgan fingerprint density at radius 1 is 1.18 bits per heavy atom. The smallest absolute Gasteiger partial charge is 0.254 e. The molecule has 1 aliphatic heterocycles. The number of rotatable bonds is 5. The third kappa shape index (κ3) is 4.59. The van der Waals surface area contributed by atoms with Crippen LogP contribution in [0.15, 0.2) is 30.3 Å². The van der Waals surface area contributed by atoms with Gasteiger partial charge in [0.25, 0.3) is 5.91 Å². The van der Waals surface area contributed by atoms with E-state index < -0.39 is 0 Å². The van der Waals surface area contributed by atoms with Crippen LogP contribution in [-0.4, -0.2) is 50.3 Å². The summed E-state index contributed by atoms with van der Waals surface area (Å²) < 4.78 is 17.0. The Balaban J connectivity index is 1.64. The van der Waals surface area contributed by atoms with E-state index in [9.17, 15) is 4.79 Å². The van der Waals surface area contributed by atoms with Crippen LogP contribution in [0.3, 0.4) is 0 Å². The summed E-state index contributed by atoms with van der Waals surface area (Å²) in [6.45, 7) is 7.78. The van der Waals surface area contributed by atoms with Crippen molar-refractivity contribution in [2.24, 2.45) is 0 Å². The number of methoxy groups -OCH3 is 1. The van der Waals surface area contributed by atoms with Crippen LogP contribution in [0.25, 0.3) is 0 Å². The molecule has 0 saturated carbocycles. The standard InChI is InChI=1S/C22H26ClNO4/c1-14-11-18(5-6-20(14)23)28-13-19-12-24(7-8-27-19)22(25)17-9-15(2)21(26-4)16(3)10-17/h5-6,9-11,19H,7-8,12-13H2,1-4H3/t19-/m1/s1. The van der Waals surface area contributed by atoms with Crippen LogP contribution in [0.1, 0.15) is 27.0 Å². The van der Waals surface area contributed by atoms with Gasteiger partial charge in [0.1, 0.15) is 24.2 Å².